The predicted octanol–water partition coefficient (Wildman–Crippen LogP) is 3.62. The van der Waals surface area contributed by atoms with Gasteiger partial charge < -0.3 is 0 Å². The van der Waals surface area contributed by atoms with Crippen molar-refractivity contribution in [1.29, 1.82) is 0 Å². The molecule has 0 rings (SSSR count). The molecule has 0 saturated carbocycles. The molecule has 0 nitrogen and oxygen atoms in total. The maximum atomic E-state index is 2.44. The largest absolute Gasteiger partial charge is 0.0652 e. The molecule has 0 spiro atoms. The molecule has 0 heterocycles. The van der Waals surface area contributed by atoms with Gasteiger partial charge in [-0.25, -0.2) is 0 Å². The summed E-state index contributed by atoms with van der Waals surface area (Å²) in [5.41, 5.74) is 0. The van der Waals surface area contributed by atoms with Gasteiger partial charge in [0.15, 0.2) is 0 Å². The van der Waals surface area contributed by atoms with Gasteiger partial charge >= 0.3 is 0 Å². The van der Waals surface area contributed by atoms with Crippen LogP contribution in [-0.2, 0) is 0 Å². The van der Waals surface area contributed by atoms with E-state index in [2.05, 4.69) is 34.6 Å². The molecule has 1 heteroatoms. The first-order chi connectivity index (χ1) is 5.52. The third-order valence-electron chi connectivity index (χ3n) is 3.20. The molecule has 0 aliphatic heterocycles. The highest BCUT2D eigenvalue weighted by molar-refractivity contribution is 6.39. The topological polar surface area (TPSA) is 0 Å². The Kier molecular flexibility index (Phi) is 5.90. The lowest BCUT2D eigenvalue weighted by Crippen LogP contribution is -2.12. The number of hydrogen-bond acceptors (Lipinski definition) is 0. The number of hydrogen-bond donors (Lipinski definition) is 0. The quantitative estimate of drug-likeness (QED) is 0.556. The van der Waals surface area contributed by atoms with E-state index in [0.717, 1.165) is 5.92 Å². The van der Waals surface area contributed by atoms with Crippen LogP contribution in [0.15, 0.2) is 0 Å². The van der Waals surface area contributed by atoms with Gasteiger partial charge in [0.25, 0.3) is 0 Å². The molecular formula is C11H26Si. The lowest BCUT2D eigenvalue weighted by atomic mass is 10.1. The van der Waals surface area contributed by atoms with E-state index in [4.69, 9.17) is 0 Å². The molecule has 1 atom stereocenters. The van der Waals surface area contributed by atoms with Gasteiger partial charge in [-0.15, -0.1) is 0 Å². The van der Waals surface area contributed by atoms with Crippen LogP contribution < -0.4 is 0 Å². The molecule has 0 aromatic rings. The van der Waals surface area contributed by atoms with Crippen LogP contribution in [0.5, 0.6) is 0 Å². The van der Waals surface area contributed by atoms with Gasteiger partial charge in [-0.1, -0.05) is 59.9 Å². The Labute approximate surface area is 81.0 Å². The SMILES string of the molecule is CCC(C)CC[SiH2]C(C)(C)CC. The van der Waals surface area contributed by atoms with Crippen molar-refractivity contribution in [2.24, 2.45) is 5.92 Å². The van der Waals surface area contributed by atoms with Crippen LogP contribution in [-0.4, -0.2) is 9.52 Å². The zero-order valence-corrected chi connectivity index (χ0v) is 11.0. The minimum Gasteiger partial charge on any atom is -0.0652 e. The summed E-state index contributed by atoms with van der Waals surface area (Å²) in [5, 5.41) is 0.716. The second-order valence-electron chi connectivity index (χ2n) is 4.92. The predicted molar refractivity (Wildman–Crippen MR) is 61.8 cm³/mol. The molecule has 0 N–H and O–H groups in total. The summed E-state index contributed by atoms with van der Waals surface area (Å²) >= 11 is 0. The van der Waals surface area contributed by atoms with Crippen LogP contribution in [0.4, 0.5) is 0 Å². The first-order valence-corrected chi connectivity index (χ1v) is 7.22. The summed E-state index contributed by atoms with van der Waals surface area (Å²) in [7, 11) is 0.187. The summed E-state index contributed by atoms with van der Waals surface area (Å²) < 4.78 is 0. The maximum Gasteiger partial charge on any atom is 0.0263 e. The van der Waals surface area contributed by atoms with Crippen molar-refractivity contribution < 1.29 is 0 Å². The zero-order valence-electron chi connectivity index (χ0n) is 9.61. The molecule has 0 aliphatic carbocycles. The molecule has 0 saturated heterocycles. The second kappa shape index (κ2) is 5.79. The van der Waals surface area contributed by atoms with Crippen molar-refractivity contribution in [2.45, 2.75) is 65.0 Å². The highest BCUT2D eigenvalue weighted by atomic mass is 28.2. The summed E-state index contributed by atoms with van der Waals surface area (Å²) in [5.74, 6) is 0.963. The van der Waals surface area contributed by atoms with E-state index in [1.54, 1.807) is 6.04 Å². The first-order valence-electron chi connectivity index (χ1n) is 5.52. The molecule has 0 fully saturated rings. The van der Waals surface area contributed by atoms with Gasteiger partial charge in [-0.2, -0.15) is 0 Å². The molecule has 1 unspecified atom stereocenters. The summed E-state index contributed by atoms with van der Waals surface area (Å²) in [6.07, 6.45) is 4.22. The Morgan fingerprint density at radius 3 is 2.25 bits per heavy atom. The van der Waals surface area contributed by atoms with Gasteiger partial charge in [-0.3, -0.25) is 0 Å². The minimum absolute atomic E-state index is 0.187. The van der Waals surface area contributed by atoms with Crippen molar-refractivity contribution in [1.82, 2.24) is 0 Å². The third kappa shape index (κ3) is 5.82. The van der Waals surface area contributed by atoms with Crippen LogP contribution in [0.2, 0.25) is 11.1 Å². The van der Waals surface area contributed by atoms with E-state index in [1.165, 1.54) is 19.3 Å². The first kappa shape index (κ1) is 12.2. The minimum atomic E-state index is 0.187. The average Bonchev–Trinajstić information content (AvgIpc) is 2.04. The molecule has 74 valence electrons. The summed E-state index contributed by atoms with van der Waals surface area (Å²) in [4.78, 5) is 0. The molecule has 0 aromatic carbocycles. The van der Waals surface area contributed by atoms with Crippen LogP contribution in [0, 0.1) is 5.92 Å². The second-order valence-corrected chi connectivity index (χ2v) is 8.04. The summed E-state index contributed by atoms with van der Waals surface area (Å²) in [6, 6.07) is 1.55. The van der Waals surface area contributed by atoms with Crippen molar-refractivity contribution >= 4 is 9.52 Å². The molecule has 0 aliphatic rings. The molecule has 0 amide bonds. The lowest BCUT2D eigenvalue weighted by molar-refractivity contribution is 0.536. The van der Waals surface area contributed by atoms with E-state index in [-0.39, 0.29) is 9.52 Å². The van der Waals surface area contributed by atoms with Crippen molar-refractivity contribution in [2.75, 3.05) is 0 Å². The molecule has 12 heavy (non-hydrogen) atoms. The van der Waals surface area contributed by atoms with Crippen molar-refractivity contribution in [3.63, 3.8) is 0 Å². The Bertz CT molecular complexity index is 108. The van der Waals surface area contributed by atoms with Crippen LogP contribution >= 0.6 is 0 Å². The monoisotopic (exact) mass is 186 g/mol. The molecule has 0 radical (unpaired) electrons. The van der Waals surface area contributed by atoms with Gasteiger partial charge in [0.1, 0.15) is 0 Å². The van der Waals surface area contributed by atoms with E-state index >= 15 is 0 Å². The fraction of sp³-hybridized carbons (Fsp3) is 1.00. The standard InChI is InChI=1S/C11H26Si/c1-6-10(3)8-9-12-11(4,5)7-2/h10H,6-9,12H2,1-5H3. The smallest absolute Gasteiger partial charge is 0.0263 e. The van der Waals surface area contributed by atoms with Gasteiger partial charge in [0, 0.05) is 9.52 Å². The van der Waals surface area contributed by atoms with E-state index < -0.39 is 0 Å². The summed E-state index contributed by atoms with van der Waals surface area (Å²) in [6.45, 7) is 11.9. The van der Waals surface area contributed by atoms with E-state index in [1.807, 2.05) is 0 Å². The van der Waals surface area contributed by atoms with Crippen LogP contribution in [0.1, 0.15) is 53.9 Å². The van der Waals surface area contributed by atoms with Gasteiger partial charge in [-0.05, 0) is 11.0 Å². The highest BCUT2D eigenvalue weighted by Gasteiger charge is 2.15. The van der Waals surface area contributed by atoms with E-state index in [9.17, 15) is 0 Å². The van der Waals surface area contributed by atoms with Crippen molar-refractivity contribution in [3.05, 3.63) is 0 Å². The van der Waals surface area contributed by atoms with Crippen molar-refractivity contribution in [3.8, 4) is 0 Å². The van der Waals surface area contributed by atoms with E-state index in [0.29, 0.717) is 5.04 Å². The lowest BCUT2D eigenvalue weighted by Gasteiger charge is -2.22. The molecular weight excluding hydrogens is 160 g/mol. The maximum absolute atomic E-state index is 2.44. The van der Waals surface area contributed by atoms with Crippen LogP contribution in [0.25, 0.3) is 0 Å². The van der Waals surface area contributed by atoms with Gasteiger partial charge in [0.2, 0.25) is 0 Å². The fourth-order valence-electron chi connectivity index (χ4n) is 1.31. The number of rotatable bonds is 6. The average molecular weight is 186 g/mol. The third-order valence-corrected chi connectivity index (χ3v) is 5.82. The Morgan fingerprint density at radius 2 is 1.83 bits per heavy atom. The molecule has 0 bridgehead atoms. The Morgan fingerprint density at radius 1 is 1.25 bits per heavy atom. The zero-order chi connectivity index (χ0) is 9.61. The normalized spacial score (nSPS) is 15.8. The highest BCUT2D eigenvalue weighted by Crippen LogP contribution is 2.29. The fourth-order valence-corrected chi connectivity index (χ4v) is 3.52. The molecule has 0 aromatic heterocycles. The van der Waals surface area contributed by atoms with Gasteiger partial charge in [0.05, 0.1) is 0 Å². The van der Waals surface area contributed by atoms with Crippen LogP contribution in [0.3, 0.4) is 0 Å². The Hall–Kier alpha value is 0.217. The Balaban J connectivity index is 3.42.